The van der Waals surface area contributed by atoms with Gasteiger partial charge in [-0.25, -0.2) is 0 Å². The molecular formula is C24H34Cl2Zr. The quantitative estimate of drug-likeness (QED) is 0.559. The van der Waals surface area contributed by atoms with Crippen LogP contribution in [0, 0.1) is 29.6 Å². The minimum absolute atomic E-state index is 0. The summed E-state index contributed by atoms with van der Waals surface area (Å²) in [5, 5.41) is 0. The summed E-state index contributed by atoms with van der Waals surface area (Å²) < 4.78 is 3.76. The molecule has 1 fully saturated rings. The molecule has 0 bridgehead atoms. The van der Waals surface area contributed by atoms with Crippen LogP contribution >= 0.6 is 0 Å². The molecule has 4 aliphatic rings. The Morgan fingerprint density at radius 2 is 1.85 bits per heavy atom. The molecule has 0 aliphatic heterocycles. The molecule has 1 unspecified atom stereocenters. The molecule has 0 spiro atoms. The monoisotopic (exact) mass is 482 g/mol. The van der Waals surface area contributed by atoms with Crippen LogP contribution in [-0.4, -0.2) is 0 Å². The van der Waals surface area contributed by atoms with Crippen molar-refractivity contribution in [3.05, 3.63) is 42.0 Å². The SMILES string of the molecule is CC(C)[C@H]1CC[C@@H](C)C[C@H]1C1[C]([Zr+2][C]2=CC=CC2)=CC2=C1CCCC2.[Cl-].[Cl-]. The Bertz CT molecular complexity index is 641. The van der Waals surface area contributed by atoms with Crippen molar-refractivity contribution >= 4 is 0 Å². The molecule has 148 valence electrons. The zero-order valence-electron chi connectivity index (χ0n) is 17.1. The maximum atomic E-state index is 2.74. The molecule has 4 aliphatic carbocycles. The van der Waals surface area contributed by atoms with E-state index in [-0.39, 0.29) is 24.8 Å². The Morgan fingerprint density at radius 1 is 1.07 bits per heavy atom. The van der Waals surface area contributed by atoms with Gasteiger partial charge in [-0.1, -0.05) is 0 Å². The van der Waals surface area contributed by atoms with E-state index < -0.39 is 23.2 Å². The summed E-state index contributed by atoms with van der Waals surface area (Å²) >= 11 is -0.557. The Morgan fingerprint density at radius 3 is 2.56 bits per heavy atom. The van der Waals surface area contributed by atoms with Crippen molar-refractivity contribution in [1.82, 2.24) is 0 Å². The third kappa shape index (κ3) is 5.13. The van der Waals surface area contributed by atoms with Gasteiger partial charge in [0.25, 0.3) is 0 Å². The van der Waals surface area contributed by atoms with Gasteiger partial charge < -0.3 is 24.8 Å². The zero-order chi connectivity index (χ0) is 17.4. The van der Waals surface area contributed by atoms with Crippen molar-refractivity contribution < 1.29 is 48.0 Å². The van der Waals surface area contributed by atoms with Crippen molar-refractivity contribution in [2.24, 2.45) is 29.6 Å². The fourth-order valence-electron chi connectivity index (χ4n) is 5.92. The van der Waals surface area contributed by atoms with Gasteiger partial charge in [-0.3, -0.25) is 0 Å². The van der Waals surface area contributed by atoms with Crippen LogP contribution in [0.2, 0.25) is 0 Å². The number of hydrogen-bond acceptors (Lipinski definition) is 0. The van der Waals surface area contributed by atoms with E-state index in [1.807, 2.05) is 12.1 Å². The van der Waals surface area contributed by atoms with Crippen LogP contribution < -0.4 is 24.8 Å². The van der Waals surface area contributed by atoms with E-state index in [0.717, 1.165) is 29.6 Å². The molecule has 3 heteroatoms. The van der Waals surface area contributed by atoms with Crippen LogP contribution in [0.5, 0.6) is 0 Å². The number of rotatable bonds is 4. The normalized spacial score (nSPS) is 32.3. The first-order chi connectivity index (χ1) is 12.1. The van der Waals surface area contributed by atoms with Crippen molar-refractivity contribution in [3.63, 3.8) is 0 Å². The van der Waals surface area contributed by atoms with Crippen LogP contribution in [0.1, 0.15) is 72.1 Å². The van der Waals surface area contributed by atoms with Gasteiger partial charge in [-0.2, -0.15) is 0 Å². The summed E-state index contributed by atoms with van der Waals surface area (Å²) in [5.74, 6) is 4.54. The molecule has 0 aromatic rings. The third-order valence-electron chi connectivity index (χ3n) is 7.17. The minimum atomic E-state index is -0.557. The van der Waals surface area contributed by atoms with E-state index in [1.165, 1.54) is 51.4 Å². The molecule has 0 N–H and O–H groups in total. The second-order valence-corrected chi connectivity index (χ2v) is 12.9. The molecule has 1 saturated carbocycles. The predicted molar refractivity (Wildman–Crippen MR) is 104 cm³/mol. The average Bonchev–Trinajstić information content (AvgIpc) is 3.21. The van der Waals surface area contributed by atoms with Crippen molar-refractivity contribution in [2.75, 3.05) is 0 Å². The number of hydrogen-bond donors (Lipinski definition) is 0. The number of allylic oxidation sites excluding steroid dienone is 8. The molecule has 0 saturated heterocycles. The Hall–Kier alpha value is 0.423. The van der Waals surface area contributed by atoms with E-state index in [4.69, 9.17) is 0 Å². The second kappa shape index (κ2) is 10.5. The summed E-state index contributed by atoms with van der Waals surface area (Å²) in [4.78, 5) is 0. The molecule has 0 heterocycles. The molecule has 0 nitrogen and oxygen atoms in total. The van der Waals surface area contributed by atoms with Crippen molar-refractivity contribution in [3.8, 4) is 0 Å². The molecule has 0 amide bonds. The van der Waals surface area contributed by atoms with Crippen LogP contribution in [-0.2, 0) is 23.2 Å². The molecule has 4 rings (SSSR count). The van der Waals surface area contributed by atoms with Crippen LogP contribution in [0.4, 0.5) is 0 Å². The first kappa shape index (κ1) is 23.7. The van der Waals surface area contributed by atoms with Gasteiger partial charge in [0.15, 0.2) is 0 Å². The largest absolute Gasteiger partial charge is 1.00 e. The van der Waals surface area contributed by atoms with Gasteiger partial charge in [0.1, 0.15) is 0 Å². The summed E-state index contributed by atoms with van der Waals surface area (Å²) in [6, 6.07) is 0. The Balaban J connectivity index is 0.00000131. The van der Waals surface area contributed by atoms with E-state index in [1.54, 1.807) is 5.57 Å². The molecule has 0 aromatic carbocycles. The molecular weight excluding hydrogens is 450 g/mol. The number of halogens is 2. The van der Waals surface area contributed by atoms with E-state index in [9.17, 15) is 0 Å². The third-order valence-corrected chi connectivity index (χ3v) is 10.7. The molecule has 27 heavy (non-hydrogen) atoms. The van der Waals surface area contributed by atoms with Gasteiger partial charge in [0, 0.05) is 0 Å². The first-order valence-electron chi connectivity index (χ1n) is 10.7. The average molecular weight is 485 g/mol. The minimum Gasteiger partial charge on any atom is -1.00 e. The maximum Gasteiger partial charge on any atom is -1.00 e. The van der Waals surface area contributed by atoms with Gasteiger partial charge >= 0.3 is 167 Å². The van der Waals surface area contributed by atoms with Crippen molar-refractivity contribution in [1.29, 1.82) is 0 Å². The fraction of sp³-hybridized carbons (Fsp3) is 0.667. The van der Waals surface area contributed by atoms with Crippen LogP contribution in [0.3, 0.4) is 0 Å². The van der Waals surface area contributed by atoms with Crippen molar-refractivity contribution in [2.45, 2.75) is 72.1 Å². The van der Waals surface area contributed by atoms with Crippen LogP contribution in [0.25, 0.3) is 0 Å². The topological polar surface area (TPSA) is 0 Å². The second-order valence-electron chi connectivity index (χ2n) is 9.27. The summed E-state index contributed by atoms with van der Waals surface area (Å²) in [6.07, 6.45) is 21.2. The maximum absolute atomic E-state index is 2.74. The van der Waals surface area contributed by atoms with E-state index in [0.29, 0.717) is 0 Å². The van der Waals surface area contributed by atoms with E-state index >= 15 is 0 Å². The van der Waals surface area contributed by atoms with Gasteiger partial charge in [-0.05, 0) is 0 Å². The fourth-order valence-corrected chi connectivity index (χ4v) is 9.76. The Kier molecular flexibility index (Phi) is 9.17. The summed E-state index contributed by atoms with van der Waals surface area (Å²) in [6.45, 7) is 7.50. The molecule has 4 atom stereocenters. The predicted octanol–water partition coefficient (Wildman–Crippen LogP) is 1.01. The first-order valence-corrected chi connectivity index (χ1v) is 13.2. The van der Waals surface area contributed by atoms with Gasteiger partial charge in [0.2, 0.25) is 0 Å². The standard InChI is InChI=1S/C19H29.C5H5.2ClH.Zr/c1-13(2)16-10-8-14(3)12-19(16)18-11-9-15-6-4-5-7-17(15)18;1-2-4-5-3-1;;;/h9,13-14,16,18-19H,4-8,10,12H2,1-3H3;1-3H,4H2;2*1H;/q;;;;+2/p-2/t14-,16-,18?,19-;;;;/m1..../s1. The summed E-state index contributed by atoms with van der Waals surface area (Å²) in [5.41, 5.74) is 3.71. The van der Waals surface area contributed by atoms with E-state index in [2.05, 4.69) is 45.1 Å². The smallest absolute Gasteiger partial charge is 1.00 e. The zero-order valence-corrected chi connectivity index (χ0v) is 21.1. The molecule has 0 aromatic heterocycles. The van der Waals surface area contributed by atoms with Gasteiger partial charge in [-0.15, -0.1) is 0 Å². The Labute approximate surface area is 190 Å². The summed E-state index contributed by atoms with van der Waals surface area (Å²) in [7, 11) is 0. The van der Waals surface area contributed by atoms with Gasteiger partial charge in [0.05, 0.1) is 0 Å². The molecule has 0 radical (unpaired) electrons. The van der Waals surface area contributed by atoms with Crippen LogP contribution in [0.15, 0.2) is 42.0 Å².